The van der Waals surface area contributed by atoms with Gasteiger partial charge in [-0.3, -0.25) is 0 Å². The van der Waals surface area contributed by atoms with Crippen molar-refractivity contribution in [3.05, 3.63) is 152 Å². The van der Waals surface area contributed by atoms with Crippen LogP contribution in [0.15, 0.2) is 156 Å². The quantitative estimate of drug-likeness (QED) is 0.209. The van der Waals surface area contributed by atoms with Gasteiger partial charge in [0.15, 0.2) is 5.58 Å². The van der Waals surface area contributed by atoms with Gasteiger partial charge in [-0.25, -0.2) is 0 Å². The number of para-hydroxylation sites is 2. The summed E-state index contributed by atoms with van der Waals surface area (Å²) < 4.78 is 6.74. The molecule has 0 aliphatic carbocycles. The third-order valence-electron chi connectivity index (χ3n) is 8.59. The van der Waals surface area contributed by atoms with Crippen molar-refractivity contribution in [1.29, 1.82) is 0 Å². The Labute approximate surface area is 242 Å². The second-order valence-electron chi connectivity index (χ2n) is 10.9. The van der Waals surface area contributed by atoms with E-state index in [9.17, 15) is 0 Å². The summed E-state index contributed by atoms with van der Waals surface area (Å²) in [6.07, 6.45) is 0. The van der Waals surface area contributed by atoms with Crippen LogP contribution in [0, 0.1) is 0 Å². The molecule has 8 aromatic carbocycles. The average Bonchev–Trinajstić information content (AvgIpc) is 3.46. The Balaban J connectivity index is 1.48. The Kier molecular flexibility index (Phi) is 4.93. The first kappa shape index (κ1) is 23.1. The van der Waals surface area contributed by atoms with Crippen LogP contribution in [-0.2, 0) is 0 Å². The van der Waals surface area contributed by atoms with Crippen LogP contribution in [-0.4, -0.2) is 0 Å². The van der Waals surface area contributed by atoms with Crippen molar-refractivity contribution in [1.82, 2.24) is 0 Å². The lowest BCUT2D eigenvalue weighted by atomic mass is 9.94. The summed E-state index contributed by atoms with van der Waals surface area (Å²) in [5, 5.41) is 12.1. The van der Waals surface area contributed by atoms with Crippen LogP contribution in [0.3, 0.4) is 0 Å². The van der Waals surface area contributed by atoms with Crippen LogP contribution >= 0.6 is 0 Å². The van der Waals surface area contributed by atoms with Crippen molar-refractivity contribution in [2.75, 3.05) is 4.90 Å². The fourth-order valence-corrected chi connectivity index (χ4v) is 6.73. The lowest BCUT2D eigenvalue weighted by Crippen LogP contribution is -2.11. The minimum absolute atomic E-state index is 0.890. The fourth-order valence-electron chi connectivity index (χ4n) is 6.73. The van der Waals surface area contributed by atoms with E-state index in [1.165, 1.54) is 43.1 Å². The fraction of sp³-hybridized carbons (Fsp3) is 0. The minimum atomic E-state index is 0.890. The van der Waals surface area contributed by atoms with Crippen LogP contribution in [0.4, 0.5) is 17.1 Å². The van der Waals surface area contributed by atoms with Gasteiger partial charge < -0.3 is 9.32 Å². The van der Waals surface area contributed by atoms with Crippen LogP contribution in [0.1, 0.15) is 0 Å². The van der Waals surface area contributed by atoms with Gasteiger partial charge in [0.1, 0.15) is 5.58 Å². The van der Waals surface area contributed by atoms with Gasteiger partial charge >= 0.3 is 0 Å². The largest absolute Gasteiger partial charge is 0.454 e. The Bertz CT molecular complexity index is 2470. The molecule has 2 heteroatoms. The van der Waals surface area contributed by atoms with E-state index in [-0.39, 0.29) is 0 Å². The maximum absolute atomic E-state index is 6.74. The number of furan rings is 1. The summed E-state index contributed by atoms with van der Waals surface area (Å²) >= 11 is 0. The topological polar surface area (TPSA) is 16.4 Å². The molecule has 0 amide bonds. The number of anilines is 3. The van der Waals surface area contributed by atoms with Crippen molar-refractivity contribution < 1.29 is 4.42 Å². The van der Waals surface area contributed by atoms with Gasteiger partial charge in [-0.2, -0.15) is 0 Å². The van der Waals surface area contributed by atoms with E-state index in [1.807, 2.05) is 6.07 Å². The van der Waals surface area contributed by atoms with E-state index in [0.717, 1.165) is 39.0 Å². The second kappa shape index (κ2) is 8.95. The third-order valence-corrected chi connectivity index (χ3v) is 8.59. The van der Waals surface area contributed by atoms with Crippen molar-refractivity contribution in [3.8, 4) is 0 Å². The summed E-state index contributed by atoms with van der Waals surface area (Å²) in [7, 11) is 0. The molecule has 196 valence electrons. The van der Waals surface area contributed by atoms with Crippen molar-refractivity contribution in [3.63, 3.8) is 0 Å². The first-order chi connectivity index (χ1) is 20.8. The van der Waals surface area contributed by atoms with E-state index in [2.05, 4.69) is 150 Å². The van der Waals surface area contributed by atoms with Gasteiger partial charge in [0.25, 0.3) is 0 Å². The second-order valence-corrected chi connectivity index (χ2v) is 10.9. The van der Waals surface area contributed by atoms with Gasteiger partial charge in [-0.1, -0.05) is 121 Å². The van der Waals surface area contributed by atoms with Crippen LogP contribution in [0.2, 0.25) is 0 Å². The summed E-state index contributed by atoms with van der Waals surface area (Å²) in [6.45, 7) is 0. The maximum Gasteiger partial charge on any atom is 0.160 e. The van der Waals surface area contributed by atoms with E-state index in [1.54, 1.807) is 0 Å². The van der Waals surface area contributed by atoms with Crippen molar-refractivity contribution in [2.45, 2.75) is 0 Å². The molecule has 1 heterocycles. The summed E-state index contributed by atoms with van der Waals surface area (Å²) in [5.74, 6) is 0. The molecule has 42 heavy (non-hydrogen) atoms. The Morgan fingerprint density at radius 1 is 0.381 bits per heavy atom. The van der Waals surface area contributed by atoms with Crippen LogP contribution < -0.4 is 4.90 Å². The molecule has 0 spiro atoms. The normalized spacial score (nSPS) is 11.8. The van der Waals surface area contributed by atoms with E-state index < -0.39 is 0 Å². The highest BCUT2D eigenvalue weighted by Gasteiger charge is 2.23. The number of hydrogen-bond donors (Lipinski definition) is 0. The zero-order chi connectivity index (χ0) is 27.6. The van der Waals surface area contributed by atoms with Crippen LogP contribution in [0.5, 0.6) is 0 Å². The molecule has 1 aromatic heterocycles. The molecule has 9 rings (SSSR count). The molecule has 0 bridgehead atoms. The molecule has 0 aliphatic heterocycles. The SMILES string of the molecule is c1ccc(N(c2cc3c4ccccc4ccc3c3ccccc23)c2cc3ccccc3c3c2oc2ccccc23)cc1. The predicted molar refractivity (Wildman–Crippen MR) is 178 cm³/mol. The van der Waals surface area contributed by atoms with Gasteiger partial charge in [0.05, 0.1) is 11.4 Å². The molecule has 0 unspecified atom stereocenters. The van der Waals surface area contributed by atoms with E-state index >= 15 is 0 Å². The number of rotatable bonds is 3. The predicted octanol–water partition coefficient (Wildman–Crippen LogP) is 11.7. The zero-order valence-electron chi connectivity index (χ0n) is 22.8. The van der Waals surface area contributed by atoms with Crippen molar-refractivity contribution >= 4 is 82.1 Å². The third kappa shape index (κ3) is 3.33. The highest BCUT2D eigenvalue weighted by molar-refractivity contribution is 6.25. The first-order valence-electron chi connectivity index (χ1n) is 14.4. The zero-order valence-corrected chi connectivity index (χ0v) is 22.8. The number of benzene rings is 8. The Morgan fingerprint density at radius 2 is 1.00 bits per heavy atom. The molecular formula is C40H25NO. The van der Waals surface area contributed by atoms with Gasteiger partial charge in [0.2, 0.25) is 0 Å². The lowest BCUT2D eigenvalue weighted by molar-refractivity contribution is 0.669. The van der Waals surface area contributed by atoms with Gasteiger partial charge in [0, 0.05) is 21.8 Å². The highest BCUT2D eigenvalue weighted by atomic mass is 16.3. The number of hydrogen-bond acceptors (Lipinski definition) is 2. The number of fused-ring (bicyclic) bond motifs is 10. The molecule has 0 saturated heterocycles. The van der Waals surface area contributed by atoms with E-state index in [4.69, 9.17) is 4.42 Å². The standard InChI is InChI=1S/C40H25NO/c1-2-14-28(15-3-1)41(37-24-27-13-5-7-17-30(27)39-34-20-10-11-21-38(34)42-40(37)39)36-25-35-29-16-6-4-12-26(29)22-23-32(35)31-18-8-9-19-33(31)36/h1-25H. The molecule has 0 N–H and O–H groups in total. The van der Waals surface area contributed by atoms with Gasteiger partial charge in [-0.15, -0.1) is 0 Å². The molecule has 0 fully saturated rings. The molecule has 0 radical (unpaired) electrons. The summed E-state index contributed by atoms with van der Waals surface area (Å²) in [5.41, 5.74) is 5.01. The maximum atomic E-state index is 6.74. The summed E-state index contributed by atoms with van der Waals surface area (Å²) in [4.78, 5) is 2.39. The number of nitrogens with zero attached hydrogens (tertiary/aromatic N) is 1. The molecule has 9 aromatic rings. The monoisotopic (exact) mass is 535 g/mol. The molecule has 0 atom stereocenters. The molecule has 0 aliphatic rings. The Hall–Kier alpha value is -5.60. The molecular weight excluding hydrogens is 510 g/mol. The van der Waals surface area contributed by atoms with Crippen LogP contribution in [0.25, 0.3) is 65.0 Å². The highest BCUT2D eigenvalue weighted by Crippen LogP contribution is 2.48. The lowest BCUT2D eigenvalue weighted by Gasteiger charge is -2.28. The van der Waals surface area contributed by atoms with Crippen molar-refractivity contribution in [2.24, 2.45) is 0 Å². The minimum Gasteiger partial charge on any atom is -0.454 e. The first-order valence-corrected chi connectivity index (χ1v) is 14.4. The molecule has 0 saturated carbocycles. The average molecular weight is 536 g/mol. The van der Waals surface area contributed by atoms with Gasteiger partial charge in [-0.05, 0) is 68.0 Å². The summed E-state index contributed by atoms with van der Waals surface area (Å²) in [6, 6.07) is 54.3. The van der Waals surface area contributed by atoms with E-state index in [0.29, 0.717) is 0 Å². The Morgan fingerprint density at radius 3 is 1.83 bits per heavy atom. The molecule has 2 nitrogen and oxygen atoms in total. The smallest absolute Gasteiger partial charge is 0.160 e.